The molecule has 2 nitrogen and oxygen atoms in total. The zero-order valence-electron chi connectivity index (χ0n) is 4.58. The lowest BCUT2D eigenvalue weighted by Gasteiger charge is -1.97. The molecule has 0 bridgehead atoms. The third kappa shape index (κ3) is 0.954. The van der Waals surface area contributed by atoms with Crippen molar-refractivity contribution in [3.8, 4) is 0 Å². The molecule has 2 N–H and O–H groups in total. The third-order valence-electron chi connectivity index (χ3n) is 1.32. The van der Waals surface area contributed by atoms with Crippen LogP contribution < -0.4 is 5.73 Å². The van der Waals surface area contributed by atoms with Crippen LogP contribution in [0.2, 0.25) is 0 Å². The van der Waals surface area contributed by atoms with Crippen molar-refractivity contribution in [2.75, 3.05) is 0 Å². The minimum atomic E-state index is 0.0880. The first kappa shape index (κ1) is 5.51. The SMILES string of the molecule is NC1C=C[C@@H](C=O)C1. The van der Waals surface area contributed by atoms with Crippen LogP contribution in [0.1, 0.15) is 6.42 Å². The van der Waals surface area contributed by atoms with Crippen molar-refractivity contribution < 1.29 is 4.79 Å². The third-order valence-corrected chi connectivity index (χ3v) is 1.32. The van der Waals surface area contributed by atoms with Crippen molar-refractivity contribution >= 4 is 6.29 Å². The van der Waals surface area contributed by atoms with E-state index in [9.17, 15) is 4.79 Å². The topological polar surface area (TPSA) is 43.1 Å². The van der Waals surface area contributed by atoms with E-state index in [1.807, 2.05) is 12.2 Å². The Labute approximate surface area is 48.4 Å². The summed E-state index contributed by atoms with van der Waals surface area (Å²) in [6.07, 6.45) is 5.46. The van der Waals surface area contributed by atoms with E-state index in [0.29, 0.717) is 0 Å². The molecule has 1 unspecified atom stereocenters. The molecule has 0 amide bonds. The fourth-order valence-corrected chi connectivity index (χ4v) is 0.858. The van der Waals surface area contributed by atoms with Gasteiger partial charge < -0.3 is 10.5 Å². The maximum absolute atomic E-state index is 10.0. The van der Waals surface area contributed by atoms with E-state index in [0.717, 1.165) is 12.7 Å². The summed E-state index contributed by atoms with van der Waals surface area (Å²) in [4.78, 5) is 10.0. The Hall–Kier alpha value is -0.630. The van der Waals surface area contributed by atoms with Gasteiger partial charge in [-0.1, -0.05) is 12.2 Å². The molecule has 0 spiro atoms. The minimum Gasteiger partial charge on any atom is -0.324 e. The predicted molar refractivity (Wildman–Crippen MR) is 31.3 cm³/mol. The van der Waals surface area contributed by atoms with Gasteiger partial charge in [0.2, 0.25) is 0 Å². The molecule has 0 aliphatic heterocycles. The van der Waals surface area contributed by atoms with Crippen LogP contribution in [0.4, 0.5) is 0 Å². The molecular weight excluding hydrogens is 102 g/mol. The van der Waals surface area contributed by atoms with Crippen molar-refractivity contribution in [2.24, 2.45) is 11.7 Å². The Kier molecular flexibility index (Phi) is 1.44. The maximum atomic E-state index is 10.0. The molecule has 0 fully saturated rings. The van der Waals surface area contributed by atoms with E-state index in [4.69, 9.17) is 5.73 Å². The first-order chi connectivity index (χ1) is 3.83. The van der Waals surface area contributed by atoms with E-state index in [-0.39, 0.29) is 12.0 Å². The van der Waals surface area contributed by atoms with Crippen LogP contribution in [0, 0.1) is 5.92 Å². The maximum Gasteiger partial charge on any atom is 0.126 e. The average molecular weight is 111 g/mol. The van der Waals surface area contributed by atoms with Crippen LogP contribution in [-0.4, -0.2) is 12.3 Å². The Bertz CT molecular complexity index is 120. The number of rotatable bonds is 1. The van der Waals surface area contributed by atoms with Gasteiger partial charge in [0.25, 0.3) is 0 Å². The standard InChI is InChI=1S/C6H9NO/c7-6-2-1-5(3-6)4-8/h1-2,4-6H,3,7H2/t5-,6?/m1/s1. The lowest BCUT2D eigenvalue weighted by Crippen LogP contribution is -2.14. The van der Waals surface area contributed by atoms with Crippen LogP contribution in [0.25, 0.3) is 0 Å². The van der Waals surface area contributed by atoms with Gasteiger partial charge in [-0.2, -0.15) is 0 Å². The lowest BCUT2D eigenvalue weighted by atomic mass is 10.1. The largest absolute Gasteiger partial charge is 0.324 e. The number of nitrogens with two attached hydrogens (primary N) is 1. The second-order valence-corrected chi connectivity index (χ2v) is 2.08. The second kappa shape index (κ2) is 2.09. The molecule has 1 aliphatic carbocycles. The van der Waals surface area contributed by atoms with Crippen molar-refractivity contribution in [1.82, 2.24) is 0 Å². The number of aldehydes is 1. The highest BCUT2D eigenvalue weighted by Gasteiger charge is 2.13. The summed E-state index contributed by atoms with van der Waals surface area (Å²) >= 11 is 0. The van der Waals surface area contributed by atoms with Crippen molar-refractivity contribution in [2.45, 2.75) is 12.5 Å². The van der Waals surface area contributed by atoms with Crippen molar-refractivity contribution in [3.05, 3.63) is 12.2 Å². The Morgan fingerprint density at radius 2 is 2.38 bits per heavy atom. The van der Waals surface area contributed by atoms with Crippen LogP contribution in [0.3, 0.4) is 0 Å². The number of allylic oxidation sites excluding steroid dienone is 1. The molecule has 0 aromatic carbocycles. The summed E-state index contributed by atoms with van der Waals surface area (Å²) in [7, 11) is 0. The van der Waals surface area contributed by atoms with E-state index < -0.39 is 0 Å². The van der Waals surface area contributed by atoms with Gasteiger partial charge in [-0.05, 0) is 6.42 Å². The van der Waals surface area contributed by atoms with E-state index in [2.05, 4.69) is 0 Å². The highest BCUT2D eigenvalue weighted by molar-refractivity contribution is 5.57. The smallest absolute Gasteiger partial charge is 0.126 e. The summed E-state index contributed by atoms with van der Waals surface area (Å²) in [5, 5.41) is 0. The molecule has 2 heteroatoms. The van der Waals surface area contributed by atoms with Crippen molar-refractivity contribution in [3.63, 3.8) is 0 Å². The zero-order chi connectivity index (χ0) is 5.98. The Balaban J connectivity index is 2.45. The van der Waals surface area contributed by atoms with Gasteiger partial charge in [0, 0.05) is 12.0 Å². The van der Waals surface area contributed by atoms with Gasteiger partial charge in [0.1, 0.15) is 6.29 Å². The monoisotopic (exact) mass is 111 g/mol. The van der Waals surface area contributed by atoms with Gasteiger partial charge in [0.15, 0.2) is 0 Å². The number of carbonyl (C=O) groups is 1. The summed E-state index contributed by atoms with van der Waals surface area (Å²) in [5.74, 6) is 0.0880. The first-order valence-electron chi connectivity index (χ1n) is 2.72. The molecule has 0 saturated heterocycles. The fraction of sp³-hybridized carbons (Fsp3) is 0.500. The minimum absolute atomic E-state index is 0.0880. The average Bonchev–Trinajstić information content (AvgIpc) is 2.14. The van der Waals surface area contributed by atoms with Crippen LogP contribution in [0.15, 0.2) is 12.2 Å². The summed E-state index contributed by atoms with van der Waals surface area (Å²) in [6.45, 7) is 0. The molecule has 0 heterocycles. The van der Waals surface area contributed by atoms with Gasteiger partial charge in [-0.15, -0.1) is 0 Å². The van der Waals surface area contributed by atoms with E-state index in [1.54, 1.807) is 0 Å². The second-order valence-electron chi connectivity index (χ2n) is 2.08. The molecule has 8 heavy (non-hydrogen) atoms. The number of carbonyl (C=O) groups excluding carboxylic acids is 1. The number of hydrogen-bond acceptors (Lipinski definition) is 2. The van der Waals surface area contributed by atoms with Crippen LogP contribution in [-0.2, 0) is 4.79 Å². The Morgan fingerprint density at radius 1 is 1.62 bits per heavy atom. The molecule has 0 aromatic heterocycles. The number of hydrogen-bond donors (Lipinski definition) is 1. The highest BCUT2D eigenvalue weighted by atomic mass is 16.1. The highest BCUT2D eigenvalue weighted by Crippen LogP contribution is 2.12. The predicted octanol–water partition coefficient (Wildman–Crippen LogP) is 0.0887. The van der Waals surface area contributed by atoms with Crippen LogP contribution in [0.5, 0.6) is 0 Å². The molecule has 44 valence electrons. The lowest BCUT2D eigenvalue weighted by molar-refractivity contribution is -0.109. The van der Waals surface area contributed by atoms with Gasteiger partial charge in [0.05, 0.1) is 0 Å². The van der Waals surface area contributed by atoms with Crippen molar-refractivity contribution in [1.29, 1.82) is 0 Å². The molecule has 1 aliphatic rings. The fourth-order valence-electron chi connectivity index (χ4n) is 0.858. The molecule has 0 aromatic rings. The molecule has 0 radical (unpaired) electrons. The molecule has 1 rings (SSSR count). The molecule has 0 saturated carbocycles. The van der Waals surface area contributed by atoms with Crippen LogP contribution >= 0.6 is 0 Å². The quantitative estimate of drug-likeness (QED) is 0.385. The molecular formula is C6H9NO. The van der Waals surface area contributed by atoms with Gasteiger partial charge in [-0.25, -0.2) is 0 Å². The normalized spacial score (nSPS) is 35.6. The molecule has 2 atom stereocenters. The van der Waals surface area contributed by atoms with E-state index >= 15 is 0 Å². The van der Waals surface area contributed by atoms with E-state index in [1.165, 1.54) is 0 Å². The summed E-state index contributed by atoms with van der Waals surface area (Å²) in [6, 6.07) is 0.116. The Morgan fingerprint density at radius 3 is 2.62 bits per heavy atom. The first-order valence-corrected chi connectivity index (χ1v) is 2.72. The summed E-state index contributed by atoms with van der Waals surface area (Å²) in [5.41, 5.74) is 5.46. The van der Waals surface area contributed by atoms with Gasteiger partial charge in [-0.3, -0.25) is 0 Å². The van der Waals surface area contributed by atoms with Gasteiger partial charge >= 0.3 is 0 Å². The zero-order valence-corrected chi connectivity index (χ0v) is 4.58. The summed E-state index contributed by atoms with van der Waals surface area (Å²) < 4.78 is 0.